The van der Waals surface area contributed by atoms with Gasteiger partial charge in [0.05, 0.1) is 12.1 Å². The number of ether oxygens (including phenoxy) is 1. The molecule has 0 radical (unpaired) electrons. The number of anilines is 1. The van der Waals surface area contributed by atoms with Crippen LogP contribution in [-0.2, 0) is 11.3 Å². The third kappa shape index (κ3) is 3.95. The van der Waals surface area contributed by atoms with Crippen molar-refractivity contribution < 1.29 is 18.3 Å². The first-order valence-corrected chi connectivity index (χ1v) is 8.70. The molecule has 3 heterocycles. The highest BCUT2D eigenvalue weighted by Crippen LogP contribution is 2.20. The van der Waals surface area contributed by atoms with Crippen molar-refractivity contribution in [1.29, 1.82) is 0 Å². The Labute approximate surface area is 154 Å². The zero-order valence-corrected chi connectivity index (χ0v) is 14.4. The van der Waals surface area contributed by atoms with E-state index in [-0.39, 0.29) is 11.5 Å². The molecule has 1 amide bonds. The van der Waals surface area contributed by atoms with Crippen LogP contribution < -0.4 is 5.32 Å². The minimum atomic E-state index is -2.69. The van der Waals surface area contributed by atoms with Gasteiger partial charge in [-0.15, -0.1) is 0 Å². The van der Waals surface area contributed by atoms with Gasteiger partial charge in [-0.1, -0.05) is 6.07 Å². The lowest BCUT2D eigenvalue weighted by molar-refractivity contribution is 0.102. The van der Waals surface area contributed by atoms with Crippen LogP contribution >= 0.6 is 0 Å². The van der Waals surface area contributed by atoms with Gasteiger partial charge in [0.15, 0.2) is 0 Å². The highest BCUT2D eigenvalue weighted by Gasteiger charge is 2.17. The van der Waals surface area contributed by atoms with E-state index in [9.17, 15) is 13.6 Å². The van der Waals surface area contributed by atoms with Gasteiger partial charge >= 0.3 is 0 Å². The van der Waals surface area contributed by atoms with Crippen LogP contribution in [-0.4, -0.2) is 33.9 Å². The molecule has 27 heavy (non-hydrogen) atoms. The average molecular weight is 372 g/mol. The summed E-state index contributed by atoms with van der Waals surface area (Å²) < 4.78 is 32.7. The second-order valence-corrected chi connectivity index (χ2v) is 6.56. The molecule has 0 aliphatic carbocycles. The molecule has 1 unspecified atom stereocenters. The van der Waals surface area contributed by atoms with E-state index < -0.39 is 12.3 Å². The van der Waals surface area contributed by atoms with Crippen LogP contribution in [0.15, 0.2) is 42.6 Å². The number of nitrogens with zero attached hydrogens (tertiary/aromatic N) is 3. The Balaban J connectivity index is 1.50. The highest BCUT2D eigenvalue weighted by molar-refractivity contribution is 6.05. The van der Waals surface area contributed by atoms with Gasteiger partial charge in [-0.05, 0) is 36.8 Å². The summed E-state index contributed by atoms with van der Waals surface area (Å²) in [6.45, 7) is 2.31. The predicted molar refractivity (Wildman–Crippen MR) is 95.8 cm³/mol. The molecule has 0 spiro atoms. The number of alkyl halides is 2. The monoisotopic (exact) mass is 372 g/mol. The summed E-state index contributed by atoms with van der Waals surface area (Å²) in [6.07, 6.45) is 0.239. The number of benzene rings is 1. The molecule has 4 rings (SSSR count). The molecule has 8 heteroatoms. The molecule has 3 aromatic rings. The molecule has 0 bridgehead atoms. The number of aromatic nitrogens is 3. The number of carbonyl (C=O) groups is 1. The Morgan fingerprint density at radius 2 is 2.22 bits per heavy atom. The van der Waals surface area contributed by atoms with Crippen molar-refractivity contribution in [2.24, 2.45) is 5.92 Å². The Kier molecular flexibility index (Phi) is 4.81. The molecule has 1 N–H and O–H groups in total. The fraction of sp³-hybridized carbons (Fsp3) is 0.316. The largest absolute Gasteiger partial charge is 0.381 e. The number of halogens is 2. The smallest absolute Gasteiger partial charge is 0.280 e. The van der Waals surface area contributed by atoms with E-state index in [4.69, 9.17) is 4.74 Å². The standard InChI is InChI=1S/C19H18F2N4O2/c20-18(21)16-2-1-3-17(22-16)23-19(26)13-4-5-15-14(8-13)10-25(24-15)9-12-6-7-27-11-12/h1-5,8,10,12,18H,6-7,9,11H2,(H,22,23,26). The van der Waals surface area contributed by atoms with Crippen LogP contribution in [0.5, 0.6) is 0 Å². The van der Waals surface area contributed by atoms with Crippen molar-refractivity contribution in [3.8, 4) is 0 Å². The Morgan fingerprint density at radius 1 is 1.33 bits per heavy atom. The van der Waals surface area contributed by atoms with Gasteiger partial charge in [0.25, 0.3) is 12.3 Å². The van der Waals surface area contributed by atoms with Gasteiger partial charge < -0.3 is 10.1 Å². The van der Waals surface area contributed by atoms with Gasteiger partial charge in [-0.2, -0.15) is 5.10 Å². The van der Waals surface area contributed by atoms with Crippen molar-refractivity contribution in [2.45, 2.75) is 19.4 Å². The number of nitrogens with one attached hydrogen (secondary N) is 1. The lowest BCUT2D eigenvalue weighted by Crippen LogP contribution is -2.13. The van der Waals surface area contributed by atoms with Gasteiger partial charge in [-0.25, -0.2) is 13.8 Å². The third-order valence-electron chi connectivity index (χ3n) is 4.52. The van der Waals surface area contributed by atoms with Crippen LogP contribution in [0.1, 0.15) is 28.9 Å². The topological polar surface area (TPSA) is 69.0 Å². The van der Waals surface area contributed by atoms with Gasteiger partial charge in [0, 0.05) is 36.2 Å². The van der Waals surface area contributed by atoms with Gasteiger partial charge in [0.2, 0.25) is 0 Å². The fourth-order valence-corrected chi connectivity index (χ4v) is 3.13. The van der Waals surface area contributed by atoms with Crippen molar-refractivity contribution in [3.05, 3.63) is 53.9 Å². The van der Waals surface area contributed by atoms with Crippen LogP contribution in [0.3, 0.4) is 0 Å². The molecule has 1 fully saturated rings. The van der Waals surface area contributed by atoms with Crippen molar-refractivity contribution in [1.82, 2.24) is 14.8 Å². The molecule has 0 saturated carbocycles. The first-order chi connectivity index (χ1) is 13.1. The Hall–Kier alpha value is -2.87. The average Bonchev–Trinajstić information content (AvgIpc) is 3.30. The Bertz CT molecular complexity index is 967. The maximum Gasteiger partial charge on any atom is 0.280 e. The summed E-state index contributed by atoms with van der Waals surface area (Å²) >= 11 is 0. The van der Waals surface area contributed by atoms with E-state index >= 15 is 0 Å². The molecule has 1 aliphatic rings. The van der Waals surface area contributed by atoms with Crippen LogP contribution in [0.4, 0.5) is 14.6 Å². The number of carbonyl (C=O) groups excluding carboxylic acids is 1. The number of pyridine rings is 1. The molecule has 1 aromatic carbocycles. The highest BCUT2D eigenvalue weighted by atomic mass is 19.3. The molecular formula is C19H18F2N4O2. The van der Waals surface area contributed by atoms with E-state index in [0.29, 0.717) is 11.5 Å². The lowest BCUT2D eigenvalue weighted by Gasteiger charge is -2.06. The number of rotatable bonds is 5. The van der Waals surface area contributed by atoms with Crippen LogP contribution in [0.25, 0.3) is 10.9 Å². The summed E-state index contributed by atoms with van der Waals surface area (Å²) in [5.74, 6) is 0.137. The molecule has 2 aromatic heterocycles. The van der Waals surface area contributed by atoms with Crippen molar-refractivity contribution in [2.75, 3.05) is 18.5 Å². The van der Waals surface area contributed by atoms with E-state index in [1.54, 1.807) is 18.2 Å². The lowest BCUT2D eigenvalue weighted by atomic mass is 10.1. The molecule has 1 saturated heterocycles. The maximum atomic E-state index is 12.7. The summed E-state index contributed by atoms with van der Waals surface area (Å²) in [5, 5.41) is 7.93. The SMILES string of the molecule is O=C(Nc1cccc(C(F)F)n1)c1ccc2nn(CC3CCOC3)cc2c1. The summed E-state index contributed by atoms with van der Waals surface area (Å²) in [6, 6.07) is 9.29. The molecule has 1 aliphatic heterocycles. The number of hydrogen-bond donors (Lipinski definition) is 1. The summed E-state index contributed by atoms with van der Waals surface area (Å²) in [5.41, 5.74) is 0.833. The van der Waals surface area contributed by atoms with E-state index in [1.165, 1.54) is 18.2 Å². The first-order valence-electron chi connectivity index (χ1n) is 8.70. The van der Waals surface area contributed by atoms with Gasteiger partial charge in [-0.3, -0.25) is 9.48 Å². The zero-order chi connectivity index (χ0) is 18.8. The maximum absolute atomic E-state index is 12.7. The molecule has 1 atom stereocenters. The number of hydrogen-bond acceptors (Lipinski definition) is 4. The zero-order valence-electron chi connectivity index (χ0n) is 14.4. The second kappa shape index (κ2) is 7.40. The summed E-state index contributed by atoms with van der Waals surface area (Å²) in [4.78, 5) is 16.2. The quantitative estimate of drug-likeness (QED) is 0.742. The van der Waals surface area contributed by atoms with Crippen molar-refractivity contribution >= 4 is 22.6 Å². The molecular weight excluding hydrogens is 354 g/mol. The third-order valence-corrected chi connectivity index (χ3v) is 4.52. The fourth-order valence-electron chi connectivity index (χ4n) is 3.13. The van der Waals surface area contributed by atoms with Gasteiger partial charge in [0.1, 0.15) is 11.5 Å². The van der Waals surface area contributed by atoms with Crippen LogP contribution in [0, 0.1) is 5.92 Å². The Morgan fingerprint density at radius 3 is 3.00 bits per heavy atom. The van der Waals surface area contributed by atoms with E-state index in [1.807, 2.05) is 10.9 Å². The normalized spacial score (nSPS) is 16.9. The predicted octanol–water partition coefficient (Wildman–Crippen LogP) is 3.66. The van der Waals surface area contributed by atoms with Crippen LogP contribution in [0.2, 0.25) is 0 Å². The first kappa shape index (κ1) is 17.5. The summed E-state index contributed by atoms with van der Waals surface area (Å²) in [7, 11) is 0. The minimum Gasteiger partial charge on any atom is -0.381 e. The van der Waals surface area contributed by atoms with E-state index in [0.717, 1.165) is 37.1 Å². The van der Waals surface area contributed by atoms with E-state index in [2.05, 4.69) is 15.4 Å². The molecule has 140 valence electrons. The number of fused-ring (bicyclic) bond motifs is 1. The minimum absolute atomic E-state index is 0.0924. The molecule has 6 nitrogen and oxygen atoms in total. The number of amides is 1. The van der Waals surface area contributed by atoms with Crippen molar-refractivity contribution in [3.63, 3.8) is 0 Å². The second-order valence-electron chi connectivity index (χ2n) is 6.56.